The highest BCUT2D eigenvalue weighted by atomic mass is 35.5. The van der Waals surface area contributed by atoms with Gasteiger partial charge in [0.25, 0.3) is 0 Å². The van der Waals surface area contributed by atoms with Crippen molar-refractivity contribution < 1.29 is 5.11 Å². The van der Waals surface area contributed by atoms with Gasteiger partial charge in [0.05, 0.1) is 22.2 Å². The first-order valence-corrected chi connectivity index (χ1v) is 8.13. The van der Waals surface area contributed by atoms with Crippen LogP contribution in [0.2, 0.25) is 10.0 Å². The molecule has 0 spiro atoms. The number of benzene rings is 1. The van der Waals surface area contributed by atoms with Crippen molar-refractivity contribution in [3.8, 4) is 0 Å². The summed E-state index contributed by atoms with van der Waals surface area (Å²) in [4.78, 5) is 3.94. The molecule has 23 heavy (non-hydrogen) atoms. The molecule has 6 heteroatoms. The Labute approximate surface area is 146 Å². The first-order chi connectivity index (χ1) is 10.8. The monoisotopic (exact) mass is 353 g/mol. The van der Waals surface area contributed by atoms with Gasteiger partial charge in [0.1, 0.15) is 12.7 Å². The molecular weight excluding hydrogens is 333 g/mol. The van der Waals surface area contributed by atoms with Crippen molar-refractivity contribution in [2.24, 2.45) is 5.41 Å². The molecule has 1 aromatic heterocycles. The normalized spacial score (nSPS) is 14.5. The average Bonchev–Trinajstić information content (AvgIpc) is 2.95. The molecule has 0 radical (unpaired) electrons. The number of rotatable bonds is 7. The van der Waals surface area contributed by atoms with Crippen LogP contribution in [-0.2, 0) is 13.0 Å². The molecule has 1 unspecified atom stereocenters. The number of nitrogens with zero attached hydrogens (tertiary/aromatic N) is 3. The van der Waals surface area contributed by atoms with Gasteiger partial charge in [-0.1, -0.05) is 49.2 Å². The van der Waals surface area contributed by atoms with Crippen LogP contribution in [0.25, 0.3) is 0 Å². The quantitative estimate of drug-likeness (QED) is 0.760. The van der Waals surface area contributed by atoms with Crippen molar-refractivity contribution in [3.05, 3.63) is 59.1 Å². The maximum absolute atomic E-state index is 11.3. The first kappa shape index (κ1) is 18.0. The van der Waals surface area contributed by atoms with E-state index in [-0.39, 0.29) is 0 Å². The molecule has 0 aliphatic carbocycles. The van der Waals surface area contributed by atoms with Gasteiger partial charge in [0, 0.05) is 0 Å². The van der Waals surface area contributed by atoms with Crippen LogP contribution < -0.4 is 0 Å². The van der Waals surface area contributed by atoms with E-state index in [9.17, 15) is 5.11 Å². The molecule has 4 nitrogen and oxygen atoms in total. The standard InChI is InChI=1S/C17H21Cl2N3O/c1-4-7-17(23,10-22-12-20-11-21-22)16(2,3)9-13-5-6-14(18)15(19)8-13/h4-6,8,11-12,23H,1,7,9-10H2,2-3H3. The Hall–Kier alpha value is -1.36. The van der Waals surface area contributed by atoms with Crippen molar-refractivity contribution in [1.82, 2.24) is 14.8 Å². The van der Waals surface area contributed by atoms with Crippen LogP contribution in [0.15, 0.2) is 43.5 Å². The molecule has 0 aliphatic rings. The Balaban J connectivity index is 2.27. The molecule has 2 aromatic rings. The van der Waals surface area contributed by atoms with Crippen LogP contribution in [0, 0.1) is 5.41 Å². The summed E-state index contributed by atoms with van der Waals surface area (Å²) in [5.74, 6) is 0. The maximum Gasteiger partial charge on any atom is 0.137 e. The summed E-state index contributed by atoms with van der Waals surface area (Å²) >= 11 is 12.1. The van der Waals surface area contributed by atoms with Gasteiger partial charge in [-0.15, -0.1) is 6.58 Å². The van der Waals surface area contributed by atoms with Crippen molar-refractivity contribution in [1.29, 1.82) is 0 Å². The lowest BCUT2D eigenvalue weighted by Gasteiger charge is -2.42. The molecule has 0 aliphatic heterocycles. The fourth-order valence-electron chi connectivity index (χ4n) is 2.70. The molecule has 1 N–H and O–H groups in total. The second-order valence-electron chi connectivity index (χ2n) is 6.43. The predicted octanol–water partition coefficient (Wildman–Crippen LogP) is 4.16. The second-order valence-corrected chi connectivity index (χ2v) is 7.24. The van der Waals surface area contributed by atoms with E-state index >= 15 is 0 Å². The van der Waals surface area contributed by atoms with Crippen molar-refractivity contribution in [2.45, 2.75) is 38.8 Å². The molecular formula is C17H21Cl2N3O. The van der Waals surface area contributed by atoms with Gasteiger partial charge in [-0.25, -0.2) is 4.98 Å². The molecule has 124 valence electrons. The van der Waals surface area contributed by atoms with Crippen molar-refractivity contribution in [3.63, 3.8) is 0 Å². The zero-order valence-corrected chi connectivity index (χ0v) is 14.8. The fourth-order valence-corrected chi connectivity index (χ4v) is 3.02. The van der Waals surface area contributed by atoms with Crippen LogP contribution in [-0.4, -0.2) is 25.5 Å². The van der Waals surface area contributed by atoms with Gasteiger partial charge >= 0.3 is 0 Å². The van der Waals surface area contributed by atoms with E-state index in [0.717, 1.165) is 5.56 Å². The summed E-state index contributed by atoms with van der Waals surface area (Å²) < 4.78 is 1.64. The molecule has 0 amide bonds. The lowest BCUT2D eigenvalue weighted by atomic mass is 9.69. The molecule has 0 bridgehead atoms. The average molecular weight is 354 g/mol. The minimum Gasteiger partial charge on any atom is -0.387 e. The van der Waals surface area contributed by atoms with E-state index in [2.05, 4.69) is 16.7 Å². The summed E-state index contributed by atoms with van der Waals surface area (Å²) in [5.41, 5.74) is -0.441. The Kier molecular flexibility index (Phi) is 5.50. The molecule has 1 aromatic carbocycles. The van der Waals surface area contributed by atoms with Gasteiger partial charge in [0.2, 0.25) is 0 Å². The summed E-state index contributed by atoms with van der Waals surface area (Å²) in [7, 11) is 0. The topological polar surface area (TPSA) is 50.9 Å². The third-order valence-corrected chi connectivity index (χ3v) is 5.00. The smallest absolute Gasteiger partial charge is 0.137 e. The molecule has 2 rings (SSSR count). The fraction of sp³-hybridized carbons (Fsp3) is 0.412. The zero-order chi connectivity index (χ0) is 17.1. The lowest BCUT2D eigenvalue weighted by molar-refractivity contribution is -0.0798. The third kappa shape index (κ3) is 4.14. The van der Waals surface area contributed by atoms with Gasteiger partial charge in [0.15, 0.2) is 0 Å². The van der Waals surface area contributed by atoms with E-state index < -0.39 is 11.0 Å². The molecule has 0 saturated carbocycles. The molecule has 0 saturated heterocycles. The largest absolute Gasteiger partial charge is 0.387 e. The highest BCUT2D eigenvalue weighted by molar-refractivity contribution is 6.42. The summed E-state index contributed by atoms with van der Waals surface area (Å²) in [6.45, 7) is 8.17. The summed E-state index contributed by atoms with van der Waals surface area (Å²) in [6.07, 6.45) is 5.88. The Morgan fingerprint density at radius 3 is 2.61 bits per heavy atom. The van der Waals surface area contributed by atoms with E-state index in [1.54, 1.807) is 23.2 Å². The van der Waals surface area contributed by atoms with Crippen LogP contribution in [0.4, 0.5) is 0 Å². The second kappa shape index (κ2) is 7.04. The minimum atomic E-state index is -1.02. The van der Waals surface area contributed by atoms with Crippen LogP contribution >= 0.6 is 23.2 Å². The highest BCUT2D eigenvalue weighted by Gasteiger charge is 2.43. The highest BCUT2D eigenvalue weighted by Crippen LogP contribution is 2.39. The van der Waals surface area contributed by atoms with Crippen LogP contribution in [0.1, 0.15) is 25.8 Å². The molecule has 0 fully saturated rings. The lowest BCUT2D eigenvalue weighted by Crippen LogP contribution is -2.49. The number of hydrogen-bond donors (Lipinski definition) is 1. The number of hydrogen-bond acceptors (Lipinski definition) is 3. The first-order valence-electron chi connectivity index (χ1n) is 7.37. The summed E-state index contributed by atoms with van der Waals surface area (Å²) in [5, 5.41) is 16.4. The maximum atomic E-state index is 11.3. The van der Waals surface area contributed by atoms with E-state index in [1.165, 1.54) is 6.33 Å². The third-order valence-electron chi connectivity index (χ3n) is 4.26. The molecule has 1 heterocycles. The van der Waals surface area contributed by atoms with Gasteiger partial charge in [-0.05, 0) is 36.0 Å². The molecule has 1 atom stereocenters. The Morgan fingerprint density at radius 2 is 2.04 bits per heavy atom. The van der Waals surface area contributed by atoms with E-state index in [1.807, 2.05) is 26.0 Å². The SMILES string of the molecule is C=CCC(O)(Cn1cncn1)C(C)(C)Cc1ccc(Cl)c(Cl)c1. The van der Waals surface area contributed by atoms with Gasteiger partial charge < -0.3 is 5.11 Å². The van der Waals surface area contributed by atoms with Gasteiger partial charge in [-0.3, -0.25) is 4.68 Å². The number of aromatic nitrogens is 3. The minimum absolute atomic E-state index is 0.341. The number of aliphatic hydroxyl groups is 1. The van der Waals surface area contributed by atoms with Crippen LogP contribution in [0.3, 0.4) is 0 Å². The van der Waals surface area contributed by atoms with Gasteiger partial charge in [-0.2, -0.15) is 5.10 Å². The Bertz CT molecular complexity index is 670. The van der Waals surface area contributed by atoms with E-state index in [0.29, 0.717) is 29.4 Å². The summed E-state index contributed by atoms with van der Waals surface area (Å²) in [6, 6.07) is 5.55. The van der Waals surface area contributed by atoms with E-state index in [4.69, 9.17) is 23.2 Å². The van der Waals surface area contributed by atoms with Crippen molar-refractivity contribution in [2.75, 3.05) is 0 Å². The number of halogens is 2. The predicted molar refractivity (Wildman–Crippen MR) is 93.7 cm³/mol. The van der Waals surface area contributed by atoms with Crippen LogP contribution in [0.5, 0.6) is 0 Å². The Morgan fingerprint density at radius 1 is 1.30 bits per heavy atom. The zero-order valence-electron chi connectivity index (χ0n) is 13.3. The van der Waals surface area contributed by atoms with Crippen molar-refractivity contribution >= 4 is 23.2 Å².